The number of aliphatic hydroxyl groups is 2. The monoisotopic (exact) mass is 294 g/mol. The summed E-state index contributed by atoms with van der Waals surface area (Å²) < 4.78 is 5.61. The zero-order chi connectivity index (χ0) is 15.6. The second-order valence-electron chi connectivity index (χ2n) is 5.81. The van der Waals surface area contributed by atoms with E-state index in [0.717, 1.165) is 12.8 Å². The molecule has 0 heterocycles. The fourth-order valence-electron chi connectivity index (χ4n) is 2.37. The Morgan fingerprint density at radius 3 is 2.14 bits per heavy atom. The van der Waals surface area contributed by atoms with E-state index in [0.29, 0.717) is 12.2 Å². The summed E-state index contributed by atoms with van der Waals surface area (Å²) in [6.45, 7) is 3.79. The van der Waals surface area contributed by atoms with Gasteiger partial charge in [-0.2, -0.15) is 0 Å². The normalized spacial score (nSPS) is 15.4. The second-order valence-corrected chi connectivity index (χ2v) is 5.81. The number of para-hydroxylation sites is 1. The Morgan fingerprint density at radius 1 is 1.00 bits per heavy atom. The van der Waals surface area contributed by atoms with Crippen LogP contribution in [0.5, 0.6) is 5.75 Å². The molecule has 21 heavy (non-hydrogen) atoms. The van der Waals surface area contributed by atoms with Crippen LogP contribution in [0.3, 0.4) is 0 Å². The molecular formula is C18H30O3. The molecule has 1 aromatic carbocycles. The first-order valence-corrected chi connectivity index (χ1v) is 8.23. The predicted molar refractivity (Wildman–Crippen MR) is 86.3 cm³/mol. The zero-order valence-electron chi connectivity index (χ0n) is 13.4. The van der Waals surface area contributed by atoms with Gasteiger partial charge in [0.15, 0.2) is 0 Å². The Labute approximate surface area is 129 Å². The third-order valence-electron chi connectivity index (χ3n) is 3.83. The summed E-state index contributed by atoms with van der Waals surface area (Å²) in [5.74, 6) is -0.908. The molecule has 0 fully saturated rings. The number of rotatable bonds is 11. The number of hydrogen-bond acceptors (Lipinski definition) is 3. The van der Waals surface area contributed by atoms with Crippen LogP contribution in [0.25, 0.3) is 0 Å². The first-order chi connectivity index (χ1) is 10.1. The fourth-order valence-corrected chi connectivity index (χ4v) is 2.37. The first kappa shape index (κ1) is 18.0. The van der Waals surface area contributed by atoms with Gasteiger partial charge in [-0.05, 0) is 25.5 Å². The van der Waals surface area contributed by atoms with E-state index in [4.69, 9.17) is 4.74 Å². The van der Waals surface area contributed by atoms with Crippen molar-refractivity contribution in [2.45, 2.75) is 77.1 Å². The van der Waals surface area contributed by atoms with Crippen molar-refractivity contribution in [3.05, 3.63) is 30.3 Å². The summed E-state index contributed by atoms with van der Waals surface area (Å²) in [4.78, 5) is 0. The Balaban J connectivity index is 2.35. The SMILES string of the molecule is CCCCCCCCCC(O)(Oc1ccccc1)C(C)O. The highest BCUT2D eigenvalue weighted by Gasteiger charge is 2.34. The Morgan fingerprint density at radius 2 is 1.57 bits per heavy atom. The molecule has 0 radical (unpaired) electrons. The van der Waals surface area contributed by atoms with Crippen LogP contribution in [0, 0.1) is 0 Å². The molecule has 0 saturated heterocycles. The van der Waals surface area contributed by atoms with E-state index < -0.39 is 11.9 Å². The Bertz CT molecular complexity index is 364. The number of unbranched alkanes of at least 4 members (excludes halogenated alkanes) is 6. The van der Waals surface area contributed by atoms with E-state index in [1.165, 1.54) is 32.1 Å². The van der Waals surface area contributed by atoms with E-state index >= 15 is 0 Å². The van der Waals surface area contributed by atoms with Crippen LogP contribution < -0.4 is 4.74 Å². The van der Waals surface area contributed by atoms with Crippen molar-refractivity contribution in [2.75, 3.05) is 0 Å². The van der Waals surface area contributed by atoms with Crippen molar-refractivity contribution in [2.24, 2.45) is 0 Å². The van der Waals surface area contributed by atoms with Crippen LogP contribution >= 0.6 is 0 Å². The maximum atomic E-state index is 10.5. The van der Waals surface area contributed by atoms with Crippen molar-refractivity contribution >= 4 is 0 Å². The molecule has 2 N–H and O–H groups in total. The van der Waals surface area contributed by atoms with Gasteiger partial charge < -0.3 is 14.9 Å². The highest BCUT2D eigenvalue weighted by Crippen LogP contribution is 2.25. The maximum Gasteiger partial charge on any atom is 0.233 e. The minimum atomic E-state index is -1.50. The van der Waals surface area contributed by atoms with E-state index in [9.17, 15) is 10.2 Å². The quantitative estimate of drug-likeness (QED) is 0.473. The van der Waals surface area contributed by atoms with Crippen LogP contribution in [-0.4, -0.2) is 22.1 Å². The Kier molecular flexibility index (Phi) is 8.40. The molecule has 3 heteroatoms. The molecule has 2 atom stereocenters. The van der Waals surface area contributed by atoms with Gasteiger partial charge in [-0.25, -0.2) is 0 Å². The highest BCUT2D eigenvalue weighted by molar-refractivity contribution is 5.21. The van der Waals surface area contributed by atoms with Crippen molar-refractivity contribution in [1.29, 1.82) is 0 Å². The van der Waals surface area contributed by atoms with Gasteiger partial charge >= 0.3 is 0 Å². The van der Waals surface area contributed by atoms with Gasteiger partial charge in [-0.1, -0.05) is 63.6 Å². The molecule has 2 unspecified atom stereocenters. The minimum absolute atomic E-state index is 0.452. The van der Waals surface area contributed by atoms with Crippen LogP contribution in [0.4, 0.5) is 0 Å². The van der Waals surface area contributed by atoms with Gasteiger partial charge in [0, 0.05) is 6.42 Å². The van der Waals surface area contributed by atoms with Crippen molar-refractivity contribution in [1.82, 2.24) is 0 Å². The molecule has 120 valence electrons. The van der Waals surface area contributed by atoms with Gasteiger partial charge in [-0.15, -0.1) is 0 Å². The molecule has 3 nitrogen and oxygen atoms in total. The van der Waals surface area contributed by atoms with Crippen LogP contribution in [-0.2, 0) is 0 Å². The van der Waals surface area contributed by atoms with Crippen LogP contribution in [0.2, 0.25) is 0 Å². The molecule has 0 saturated carbocycles. The van der Waals surface area contributed by atoms with E-state index in [-0.39, 0.29) is 0 Å². The first-order valence-electron chi connectivity index (χ1n) is 8.23. The largest absolute Gasteiger partial charge is 0.460 e. The molecular weight excluding hydrogens is 264 g/mol. The average molecular weight is 294 g/mol. The molecule has 0 amide bonds. The lowest BCUT2D eigenvalue weighted by molar-refractivity contribution is -0.204. The smallest absolute Gasteiger partial charge is 0.233 e. The summed E-state index contributed by atoms with van der Waals surface area (Å²) >= 11 is 0. The Hall–Kier alpha value is -1.06. The van der Waals surface area contributed by atoms with E-state index in [1.54, 1.807) is 19.1 Å². The standard InChI is InChI=1S/C18H30O3/c1-3-4-5-6-7-8-12-15-18(20,16(2)19)21-17-13-10-9-11-14-17/h9-11,13-14,16,19-20H,3-8,12,15H2,1-2H3. The summed E-state index contributed by atoms with van der Waals surface area (Å²) in [5, 5.41) is 20.3. The molecule has 0 bridgehead atoms. The molecule has 1 aromatic rings. The van der Waals surface area contributed by atoms with Gasteiger partial charge in [0.2, 0.25) is 5.79 Å². The topological polar surface area (TPSA) is 49.7 Å². The number of aliphatic hydroxyl groups excluding tert-OH is 1. The van der Waals surface area contributed by atoms with Gasteiger partial charge in [0.25, 0.3) is 0 Å². The van der Waals surface area contributed by atoms with Crippen molar-refractivity contribution in [3.63, 3.8) is 0 Å². The highest BCUT2D eigenvalue weighted by atomic mass is 16.6. The lowest BCUT2D eigenvalue weighted by Gasteiger charge is -2.31. The third-order valence-corrected chi connectivity index (χ3v) is 3.83. The predicted octanol–water partition coefficient (Wildman–Crippen LogP) is 4.28. The lowest BCUT2D eigenvalue weighted by Crippen LogP contribution is -2.46. The van der Waals surface area contributed by atoms with Gasteiger partial charge in [0.05, 0.1) is 0 Å². The average Bonchev–Trinajstić information content (AvgIpc) is 2.47. The number of hydrogen-bond donors (Lipinski definition) is 2. The summed E-state index contributed by atoms with van der Waals surface area (Å²) in [5.41, 5.74) is 0. The maximum absolute atomic E-state index is 10.5. The molecule has 0 spiro atoms. The van der Waals surface area contributed by atoms with Crippen LogP contribution in [0.15, 0.2) is 30.3 Å². The summed E-state index contributed by atoms with van der Waals surface area (Å²) in [6.07, 6.45) is 7.74. The molecule has 1 rings (SSSR count). The van der Waals surface area contributed by atoms with Gasteiger partial charge in [-0.3, -0.25) is 0 Å². The zero-order valence-corrected chi connectivity index (χ0v) is 13.4. The lowest BCUT2D eigenvalue weighted by atomic mass is 10.0. The number of ether oxygens (including phenoxy) is 1. The van der Waals surface area contributed by atoms with Crippen LogP contribution in [0.1, 0.15) is 65.2 Å². The third kappa shape index (κ3) is 6.96. The second kappa shape index (κ2) is 9.80. The molecule has 0 aliphatic rings. The fraction of sp³-hybridized carbons (Fsp3) is 0.667. The van der Waals surface area contributed by atoms with Gasteiger partial charge in [0.1, 0.15) is 11.9 Å². The van der Waals surface area contributed by atoms with Crippen molar-refractivity contribution in [3.8, 4) is 5.75 Å². The summed E-state index contributed by atoms with van der Waals surface area (Å²) in [6, 6.07) is 9.18. The van der Waals surface area contributed by atoms with E-state index in [1.807, 2.05) is 18.2 Å². The van der Waals surface area contributed by atoms with Crippen molar-refractivity contribution < 1.29 is 14.9 Å². The van der Waals surface area contributed by atoms with E-state index in [2.05, 4.69) is 6.92 Å². The molecule has 0 aliphatic heterocycles. The molecule has 0 aliphatic carbocycles. The summed E-state index contributed by atoms with van der Waals surface area (Å²) in [7, 11) is 0. The minimum Gasteiger partial charge on any atom is -0.460 e. The molecule has 0 aromatic heterocycles. The number of benzene rings is 1.